The molecule has 41 heavy (non-hydrogen) atoms. The molecule has 216 valence electrons. The molecule has 4 rings (SSSR count). The average Bonchev–Trinajstić information content (AvgIpc) is 3.41. The average molecular weight is 561 g/mol. The van der Waals surface area contributed by atoms with E-state index in [9.17, 15) is 24.3 Å². The summed E-state index contributed by atoms with van der Waals surface area (Å²) in [4.78, 5) is 59.3. The number of likely N-dealkylation sites (tertiary alicyclic amines) is 1. The largest absolute Gasteiger partial charge is 0.389 e. The van der Waals surface area contributed by atoms with Gasteiger partial charge in [0.25, 0.3) is 5.91 Å². The van der Waals surface area contributed by atoms with Crippen molar-refractivity contribution in [3.63, 3.8) is 0 Å². The first-order valence-electron chi connectivity index (χ1n) is 13.7. The van der Waals surface area contributed by atoms with Gasteiger partial charge in [-0.15, -0.1) is 0 Å². The molecular formula is C30H36N6O5. The van der Waals surface area contributed by atoms with Gasteiger partial charge in [0.05, 0.1) is 18.6 Å². The molecule has 1 aliphatic rings. The number of nitrogens with zero attached hydrogens (tertiary/aromatic N) is 3. The summed E-state index contributed by atoms with van der Waals surface area (Å²) in [7, 11) is 0. The number of aromatic nitrogens is 1. The molecular weight excluding hydrogens is 524 g/mol. The third-order valence-electron chi connectivity index (χ3n) is 7.34. The summed E-state index contributed by atoms with van der Waals surface area (Å²) in [6, 6.07) is 16.1. The number of rotatable bonds is 10. The van der Waals surface area contributed by atoms with Crippen LogP contribution in [0.2, 0.25) is 0 Å². The number of urea groups is 1. The van der Waals surface area contributed by atoms with Crippen molar-refractivity contribution in [2.75, 3.05) is 6.54 Å². The maximum absolute atomic E-state index is 14.0. The number of aliphatic hydroxyl groups is 1. The number of carbonyl (C=O) groups excluding carboxylic acids is 4. The molecule has 1 fully saturated rings. The minimum atomic E-state index is -1.49. The number of nitrogens with two attached hydrogens (primary N) is 2. The lowest BCUT2D eigenvalue weighted by Gasteiger charge is -2.36. The molecule has 0 radical (unpaired) electrons. The lowest BCUT2D eigenvalue weighted by molar-refractivity contribution is -0.136. The van der Waals surface area contributed by atoms with Gasteiger partial charge < -0.3 is 26.8 Å². The minimum Gasteiger partial charge on any atom is -0.389 e. The number of aryl methyl sites for hydroxylation is 1. The van der Waals surface area contributed by atoms with E-state index in [4.69, 9.17) is 11.5 Å². The van der Waals surface area contributed by atoms with Crippen LogP contribution in [0.3, 0.4) is 0 Å². The van der Waals surface area contributed by atoms with Gasteiger partial charge in [-0.1, -0.05) is 54.6 Å². The number of carbonyl (C=O) groups is 4. The Labute approximate surface area is 238 Å². The van der Waals surface area contributed by atoms with Crippen LogP contribution in [0, 0.1) is 0 Å². The van der Waals surface area contributed by atoms with Gasteiger partial charge >= 0.3 is 6.03 Å². The van der Waals surface area contributed by atoms with Crippen LogP contribution in [0.25, 0.3) is 10.8 Å². The smallest absolute Gasteiger partial charge is 0.319 e. The Kier molecular flexibility index (Phi) is 9.64. The predicted molar refractivity (Wildman–Crippen MR) is 153 cm³/mol. The number of hydrogen-bond donors (Lipinski definition) is 4. The maximum atomic E-state index is 14.0. The van der Waals surface area contributed by atoms with Crippen LogP contribution in [0.15, 0.2) is 66.9 Å². The number of imide groups is 1. The van der Waals surface area contributed by atoms with Gasteiger partial charge in [0, 0.05) is 24.2 Å². The number of hydrogen-bond acceptors (Lipinski definition) is 7. The van der Waals surface area contributed by atoms with E-state index in [-0.39, 0.29) is 18.2 Å². The first-order chi connectivity index (χ1) is 19.7. The number of primary amides is 1. The standard InChI is InChI=1S/C30H36N6O5/c1-19-8-7-15-35(19)30(41)34-27(25(37)14-13-20-9-3-2-4-10-20)36(28(39)23(31)17-26(32)38)29(40)24-16-21-11-5-6-12-22(21)18-33-24/h2-6,9-12,16,18-19,23,25,27,37H,7-8,13-15,17,31H2,1H3,(H2,32,38)(H,34,41)/t19-,23+,25-,27?/m1/s1. The molecule has 0 bridgehead atoms. The molecule has 0 saturated carbocycles. The van der Waals surface area contributed by atoms with Crippen molar-refractivity contribution in [1.82, 2.24) is 20.1 Å². The lowest BCUT2D eigenvalue weighted by atomic mass is 10.0. The third kappa shape index (κ3) is 7.24. The van der Waals surface area contributed by atoms with Crippen LogP contribution in [-0.2, 0) is 16.0 Å². The summed E-state index contributed by atoms with van der Waals surface area (Å²) in [5.74, 6) is -2.68. The van der Waals surface area contributed by atoms with Gasteiger partial charge in [-0.2, -0.15) is 0 Å². The Balaban J connectivity index is 1.72. The highest BCUT2D eigenvalue weighted by atomic mass is 16.3. The first kappa shape index (κ1) is 29.6. The number of pyridine rings is 1. The fourth-order valence-electron chi connectivity index (χ4n) is 5.06. The normalized spacial score (nSPS) is 17.0. The highest BCUT2D eigenvalue weighted by Gasteiger charge is 2.40. The third-order valence-corrected chi connectivity index (χ3v) is 7.34. The fraction of sp³-hybridized carbons (Fsp3) is 0.367. The van der Waals surface area contributed by atoms with Gasteiger partial charge in [0.2, 0.25) is 11.8 Å². The van der Waals surface area contributed by atoms with E-state index in [2.05, 4.69) is 10.3 Å². The Hall–Kier alpha value is -4.35. The van der Waals surface area contributed by atoms with Crippen LogP contribution in [0.5, 0.6) is 0 Å². The number of fused-ring (bicyclic) bond motifs is 1. The Morgan fingerprint density at radius 2 is 1.78 bits per heavy atom. The summed E-state index contributed by atoms with van der Waals surface area (Å²) in [5, 5.41) is 15.7. The second-order valence-electron chi connectivity index (χ2n) is 10.4. The minimum absolute atomic E-state index is 0.0590. The molecule has 0 aliphatic carbocycles. The van der Waals surface area contributed by atoms with Crippen molar-refractivity contribution in [1.29, 1.82) is 0 Å². The molecule has 11 nitrogen and oxygen atoms in total. The van der Waals surface area contributed by atoms with Crippen LogP contribution in [0.4, 0.5) is 4.79 Å². The lowest BCUT2D eigenvalue weighted by Crippen LogP contribution is -2.63. The van der Waals surface area contributed by atoms with Crippen LogP contribution >= 0.6 is 0 Å². The van der Waals surface area contributed by atoms with E-state index in [0.29, 0.717) is 18.4 Å². The monoisotopic (exact) mass is 560 g/mol. The molecule has 6 N–H and O–H groups in total. The first-order valence-corrected chi connectivity index (χ1v) is 13.7. The summed E-state index contributed by atoms with van der Waals surface area (Å²) >= 11 is 0. The fourth-order valence-corrected chi connectivity index (χ4v) is 5.06. The van der Waals surface area contributed by atoms with E-state index in [0.717, 1.165) is 28.7 Å². The Bertz CT molecular complexity index is 1400. The van der Waals surface area contributed by atoms with Crippen LogP contribution < -0.4 is 16.8 Å². The van der Waals surface area contributed by atoms with Gasteiger partial charge in [0.15, 0.2) is 0 Å². The van der Waals surface area contributed by atoms with Crippen LogP contribution in [-0.4, -0.2) is 74.5 Å². The molecule has 3 aromatic rings. The number of aliphatic hydroxyl groups excluding tert-OH is 1. The van der Waals surface area contributed by atoms with Crippen molar-refractivity contribution in [3.05, 3.63) is 78.1 Å². The van der Waals surface area contributed by atoms with E-state index in [1.807, 2.05) is 49.4 Å². The second kappa shape index (κ2) is 13.3. The molecule has 2 heterocycles. The van der Waals surface area contributed by atoms with E-state index < -0.39 is 48.5 Å². The van der Waals surface area contributed by atoms with Crippen LogP contribution in [0.1, 0.15) is 48.7 Å². The molecule has 5 amide bonds. The Morgan fingerprint density at radius 1 is 1.10 bits per heavy atom. The maximum Gasteiger partial charge on any atom is 0.319 e. The van der Waals surface area contributed by atoms with Gasteiger partial charge in [0.1, 0.15) is 11.9 Å². The van der Waals surface area contributed by atoms with Crippen molar-refractivity contribution >= 4 is 34.5 Å². The Morgan fingerprint density at radius 3 is 2.44 bits per heavy atom. The molecule has 4 atom stereocenters. The summed E-state index contributed by atoms with van der Waals surface area (Å²) in [6.45, 7) is 2.40. The quantitative estimate of drug-likeness (QED) is 0.274. The molecule has 1 saturated heterocycles. The van der Waals surface area contributed by atoms with E-state index in [1.54, 1.807) is 17.0 Å². The van der Waals surface area contributed by atoms with Gasteiger partial charge in [-0.3, -0.25) is 24.3 Å². The number of amides is 5. The SMILES string of the molecule is C[C@@H]1CCCN1C(=O)NC([C@H](O)CCc1ccccc1)N(C(=O)c1cc2ccccc2cn1)C(=O)[C@@H](N)CC(N)=O. The van der Waals surface area contributed by atoms with Crippen molar-refractivity contribution in [2.24, 2.45) is 11.5 Å². The van der Waals surface area contributed by atoms with E-state index >= 15 is 0 Å². The van der Waals surface area contributed by atoms with Crippen molar-refractivity contribution in [2.45, 2.75) is 63.4 Å². The van der Waals surface area contributed by atoms with Gasteiger partial charge in [-0.05, 0) is 49.6 Å². The molecule has 11 heteroatoms. The van der Waals surface area contributed by atoms with Crippen molar-refractivity contribution < 1.29 is 24.3 Å². The zero-order valence-corrected chi connectivity index (χ0v) is 23.0. The topological polar surface area (TPSA) is 172 Å². The molecule has 0 spiro atoms. The zero-order chi connectivity index (χ0) is 29.5. The molecule has 1 unspecified atom stereocenters. The van der Waals surface area contributed by atoms with Gasteiger partial charge in [-0.25, -0.2) is 4.79 Å². The van der Waals surface area contributed by atoms with E-state index in [1.165, 1.54) is 12.3 Å². The highest BCUT2D eigenvalue weighted by Crippen LogP contribution is 2.21. The predicted octanol–water partition coefficient (Wildman–Crippen LogP) is 1.92. The summed E-state index contributed by atoms with van der Waals surface area (Å²) < 4.78 is 0. The molecule has 1 aromatic heterocycles. The van der Waals surface area contributed by atoms with Crippen molar-refractivity contribution in [3.8, 4) is 0 Å². The second-order valence-corrected chi connectivity index (χ2v) is 10.4. The number of nitrogens with one attached hydrogen (secondary N) is 1. The zero-order valence-electron chi connectivity index (χ0n) is 23.0. The number of benzene rings is 2. The molecule has 1 aliphatic heterocycles. The highest BCUT2D eigenvalue weighted by molar-refractivity contribution is 6.07. The summed E-state index contributed by atoms with van der Waals surface area (Å²) in [5.41, 5.74) is 12.2. The summed E-state index contributed by atoms with van der Waals surface area (Å²) in [6.07, 6.45) is 0.238. The molecule has 2 aromatic carbocycles.